The minimum atomic E-state index is -0.457. The summed E-state index contributed by atoms with van der Waals surface area (Å²) in [5, 5.41) is 3.27. The smallest absolute Gasteiger partial charge is 0.373 e. The van der Waals surface area contributed by atoms with Crippen LogP contribution in [0.3, 0.4) is 0 Å². The van der Waals surface area contributed by atoms with Gasteiger partial charge in [0, 0.05) is 5.69 Å². The number of hydrogen-bond donors (Lipinski definition) is 1. The molecular weight excluding hydrogens is 266 g/mol. The van der Waals surface area contributed by atoms with E-state index < -0.39 is 5.97 Å². The first kappa shape index (κ1) is 15.2. The normalized spacial score (nSPS) is 10.4. The van der Waals surface area contributed by atoms with Gasteiger partial charge in [-0.2, -0.15) is 0 Å². The SMILES string of the molecule is CCCCc1ccc(NCc2ccc(C(=O)OC)o2)cc1. The van der Waals surface area contributed by atoms with Crippen LogP contribution in [0.4, 0.5) is 5.69 Å². The maximum atomic E-state index is 11.3. The quantitative estimate of drug-likeness (QED) is 0.781. The molecule has 21 heavy (non-hydrogen) atoms. The Morgan fingerprint density at radius 2 is 1.95 bits per heavy atom. The van der Waals surface area contributed by atoms with Crippen LogP contribution in [0.5, 0.6) is 0 Å². The number of methoxy groups -OCH3 is 1. The van der Waals surface area contributed by atoms with Gasteiger partial charge in [0.25, 0.3) is 0 Å². The van der Waals surface area contributed by atoms with Gasteiger partial charge < -0.3 is 14.5 Å². The second kappa shape index (κ2) is 7.53. The minimum Gasteiger partial charge on any atom is -0.463 e. The highest BCUT2D eigenvalue weighted by Gasteiger charge is 2.10. The van der Waals surface area contributed by atoms with Crippen LogP contribution < -0.4 is 5.32 Å². The lowest BCUT2D eigenvalue weighted by molar-refractivity contribution is 0.0563. The Labute approximate surface area is 125 Å². The van der Waals surface area contributed by atoms with Gasteiger partial charge >= 0.3 is 5.97 Å². The fraction of sp³-hybridized carbons (Fsp3) is 0.353. The van der Waals surface area contributed by atoms with E-state index in [2.05, 4.69) is 41.2 Å². The molecule has 0 unspecified atom stereocenters. The molecule has 4 heteroatoms. The number of unbranched alkanes of at least 4 members (excludes halogenated alkanes) is 1. The van der Waals surface area contributed by atoms with Crippen LogP contribution in [0, 0.1) is 0 Å². The molecule has 1 aromatic heterocycles. The third-order valence-corrected chi connectivity index (χ3v) is 3.29. The van der Waals surface area contributed by atoms with Crippen molar-refractivity contribution in [2.45, 2.75) is 32.7 Å². The van der Waals surface area contributed by atoms with Crippen LogP contribution in [-0.2, 0) is 17.7 Å². The van der Waals surface area contributed by atoms with E-state index in [1.54, 1.807) is 12.1 Å². The third-order valence-electron chi connectivity index (χ3n) is 3.29. The van der Waals surface area contributed by atoms with Crippen molar-refractivity contribution >= 4 is 11.7 Å². The average Bonchev–Trinajstić information content (AvgIpc) is 3.00. The lowest BCUT2D eigenvalue weighted by Crippen LogP contribution is -2.00. The average molecular weight is 287 g/mol. The lowest BCUT2D eigenvalue weighted by atomic mass is 10.1. The van der Waals surface area contributed by atoms with Crippen molar-refractivity contribution in [3.8, 4) is 0 Å². The summed E-state index contributed by atoms with van der Waals surface area (Å²) >= 11 is 0. The molecule has 1 heterocycles. The molecule has 1 N–H and O–H groups in total. The monoisotopic (exact) mass is 287 g/mol. The van der Waals surface area contributed by atoms with Crippen LogP contribution in [0.15, 0.2) is 40.8 Å². The van der Waals surface area contributed by atoms with Gasteiger partial charge in [-0.1, -0.05) is 25.5 Å². The number of rotatable bonds is 7. The number of carbonyl (C=O) groups is 1. The number of ether oxygens (including phenoxy) is 1. The van der Waals surface area contributed by atoms with E-state index >= 15 is 0 Å². The maximum absolute atomic E-state index is 11.3. The van der Waals surface area contributed by atoms with Crippen LogP contribution >= 0.6 is 0 Å². The Morgan fingerprint density at radius 1 is 1.19 bits per heavy atom. The van der Waals surface area contributed by atoms with Gasteiger partial charge in [0.05, 0.1) is 13.7 Å². The molecule has 0 aliphatic rings. The minimum absolute atomic E-state index is 0.226. The standard InChI is InChI=1S/C17H21NO3/c1-3-4-5-13-6-8-14(9-7-13)18-12-15-10-11-16(21-15)17(19)20-2/h6-11,18H,3-5,12H2,1-2H3. The van der Waals surface area contributed by atoms with Gasteiger partial charge in [-0.05, 0) is 42.7 Å². The molecule has 0 fully saturated rings. The summed E-state index contributed by atoms with van der Waals surface area (Å²) in [6.45, 7) is 2.73. The van der Waals surface area contributed by atoms with E-state index in [0.29, 0.717) is 12.3 Å². The Balaban J connectivity index is 1.87. The van der Waals surface area contributed by atoms with Gasteiger partial charge in [0.1, 0.15) is 5.76 Å². The van der Waals surface area contributed by atoms with E-state index in [9.17, 15) is 4.79 Å². The predicted molar refractivity (Wildman–Crippen MR) is 82.4 cm³/mol. The Kier molecular flexibility index (Phi) is 5.43. The lowest BCUT2D eigenvalue weighted by Gasteiger charge is -2.06. The Hall–Kier alpha value is -2.23. The summed E-state index contributed by atoms with van der Waals surface area (Å²) in [5.74, 6) is 0.469. The number of anilines is 1. The number of benzene rings is 1. The molecule has 0 radical (unpaired) electrons. The van der Waals surface area contributed by atoms with E-state index in [1.165, 1.54) is 25.5 Å². The van der Waals surface area contributed by atoms with Crippen molar-refractivity contribution < 1.29 is 13.9 Å². The highest BCUT2D eigenvalue weighted by Crippen LogP contribution is 2.14. The van der Waals surface area contributed by atoms with E-state index in [-0.39, 0.29) is 5.76 Å². The molecule has 2 rings (SSSR count). The molecule has 0 aliphatic heterocycles. The topological polar surface area (TPSA) is 51.5 Å². The molecule has 2 aromatic rings. The van der Waals surface area contributed by atoms with E-state index in [0.717, 1.165) is 12.1 Å². The predicted octanol–water partition coefficient (Wildman–Crippen LogP) is 4.02. The first-order chi connectivity index (χ1) is 10.2. The van der Waals surface area contributed by atoms with Crippen molar-refractivity contribution in [3.05, 3.63) is 53.5 Å². The highest BCUT2D eigenvalue weighted by molar-refractivity contribution is 5.86. The molecule has 0 saturated carbocycles. The zero-order chi connectivity index (χ0) is 15.1. The van der Waals surface area contributed by atoms with Gasteiger partial charge in [-0.15, -0.1) is 0 Å². The molecule has 4 nitrogen and oxygen atoms in total. The van der Waals surface area contributed by atoms with Crippen molar-refractivity contribution in [2.75, 3.05) is 12.4 Å². The second-order valence-electron chi connectivity index (χ2n) is 4.91. The summed E-state index contributed by atoms with van der Waals surface area (Å²) in [5.41, 5.74) is 2.39. The zero-order valence-electron chi connectivity index (χ0n) is 12.5. The fourth-order valence-electron chi connectivity index (χ4n) is 2.04. The van der Waals surface area contributed by atoms with Crippen LogP contribution in [0.25, 0.3) is 0 Å². The summed E-state index contributed by atoms with van der Waals surface area (Å²) in [6, 6.07) is 11.8. The summed E-state index contributed by atoms with van der Waals surface area (Å²) in [4.78, 5) is 11.3. The molecule has 112 valence electrons. The van der Waals surface area contributed by atoms with Gasteiger partial charge in [-0.3, -0.25) is 0 Å². The summed E-state index contributed by atoms with van der Waals surface area (Å²) in [6.07, 6.45) is 3.55. The van der Waals surface area contributed by atoms with Gasteiger partial charge in [0.15, 0.2) is 0 Å². The van der Waals surface area contributed by atoms with E-state index in [4.69, 9.17) is 4.42 Å². The molecule has 0 amide bonds. The van der Waals surface area contributed by atoms with Crippen molar-refractivity contribution in [1.82, 2.24) is 0 Å². The Morgan fingerprint density at radius 3 is 2.62 bits per heavy atom. The zero-order valence-corrected chi connectivity index (χ0v) is 12.5. The van der Waals surface area contributed by atoms with Gasteiger partial charge in [0.2, 0.25) is 5.76 Å². The number of furan rings is 1. The summed E-state index contributed by atoms with van der Waals surface area (Å²) < 4.78 is 10.0. The maximum Gasteiger partial charge on any atom is 0.373 e. The van der Waals surface area contributed by atoms with Crippen LogP contribution in [0.2, 0.25) is 0 Å². The molecule has 1 aromatic carbocycles. The van der Waals surface area contributed by atoms with Crippen LogP contribution in [-0.4, -0.2) is 13.1 Å². The molecule has 0 saturated heterocycles. The van der Waals surface area contributed by atoms with Crippen molar-refractivity contribution in [2.24, 2.45) is 0 Å². The van der Waals surface area contributed by atoms with Gasteiger partial charge in [-0.25, -0.2) is 4.79 Å². The fourth-order valence-corrected chi connectivity index (χ4v) is 2.04. The Bertz CT molecular complexity index is 572. The van der Waals surface area contributed by atoms with E-state index in [1.807, 2.05) is 0 Å². The van der Waals surface area contributed by atoms with Crippen molar-refractivity contribution in [3.63, 3.8) is 0 Å². The largest absolute Gasteiger partial charge is 0.463 e. The second-order valence-corrected chi connectivity index (χ2v) is 4.91. The van der Waals surface area contributed by atoms with Crippen LogP contribution in [0.1, 0.15) is 41.6 Å². The number of aryl methyl sites for hydroxylation is 1. The number of carbonyl (C=O) groups excluding carboxylic acids is 1. The number of esters is 1. The van der Waals surface area contributed by atoms with Crippen molar-refractivity contribution in [1.29, 1.82) is 0 Å². The number of nitrogens with one attached hydrogen (secondary N) is 1. The molecule has 0 bridgehead atoms. The summed E-state index contributed by atoms with van der Waals surface area (Å²) in [7, 11) is 1.34. The highest BCUT2D eigenvalue weighted by atomic mass is 16.5. The first-order valence-corrected chi connectivity index (χ1v) is 7.22. The molecule has 0 spiro atoms. The number of hydrogen-bond acceptors (Lipinski definition) is 4. The molecular formula is C17H21NO3. The first-order valence-electron chi connectivity index (χ1n) is 7.22. The molecule has 0 aliphatic carbocycles. The third kappa shape index (κ3) is 4.38. The molecule has 0 atom stereocenters.